The van der Waals surface area contributed by atoms with Crippen molar-refractivity contribution in [3.8, 4) is 16.9 Å². The second kappa shape index (κ2) is 7.58. The van der Waals surface area contributed by atoms with Crippen molar-refractivity contribution in [3.05, 3.63) is 54.1 Å². The first-order chi connectivity index (χ1) is 12.0. The van der Waals surface area contributed by atoms with Crippen LogP contribution in [-0.2, 0) is 10.0 Å². The van der Waals surface area contributed by atoms with E-state index in [0.29, 0.717) is 12.5 Å². The molecule has 0 heterocycles. The van der Waals surface area contributed by atoms with Crippen LogP contribution < -0.4 is 9.46 Å². The number of rotatable bonds is 8. The Kier molecular flexibility index (Phi) is 5.45. The van der Waals surface area contributed by atoms with E-state index in [9.17, 15) is 8.42 Å². The van der Waals surface area contributed by atoms with Crippen molar-refractivity contribution in [3.63, 3.8) is 0 Å². The maximum Gasteiger partial charge on any atom is 0.212 e. The summed E-state index contributed by atoms with van der Waals surface area (Å²) < 4.78 is 32.5. The van der Waals surface area contributed by atoms with E-state index in [1.807, 2.05) is 62.4 Å². The number of benzene rings is 2. The highest BCUT2D eigenvalue weighted by Gasteiger charge is 2.28. The normalized spacial score (nSPS) is 15.8. The molecule has 1 N–H and O–H groups in total. The Hall–Kier alpha value is -1.85. The lowest BCUT2D eigenvalue weighted by Crippen LogP contribution is -2.29. The van der Waals surface area contributed by atoms with Gasteiger partial charge in [0.2, 0.25) is 10.0 Å². The van der Waals surface area contributed by atoms with E-state index in [2.05, 4.69) is 4.72 Å². The lowest BCUT2D eigenvalue weighted by Gasteiger charge is -2.15. The van der Waals surface area contributed by atoms with Crippen LogP contribution in [0.2, 0.25) is 0 Å². The smallest absolute Gasteiger partial charge is 0.212 e. The first-order valence-electron chi connectivity index (χ1n) is 8.80. The molecule has 5 heteroatoms. The zero-order valence-electron chi connectivity index (χ0n) is 14.7. The Labute approximate surface area is 150 Å². The second-order valence-electron chi connectivity index (χ2n) is 6.64. The van der Waals surface area contributed by atoms with Crippen LogP contribution >= 0.6 is 0 Å². The average molecular weight is 359 g/mol. The van der Waals surface area contributed by atoms with E-state index in [1.54, 1.807) is 0 Å². The lowest BCUT2D eigenvalue weighted by molar-refractivity contribution is 0.340. The maximum absolute atomic E-state index is 12.1. The number of hydrogen-bond donors (Lipinski definition) is 1. The number of ether oxygens (including phenoxy) is 1. The molecule has 2 aromatic rings. The minimum Gasteiger partial charge on any atom is -0.494 e. The molecule has 0 spiro atoms. The molecule has 0 aromatic heterocycles. The topological polar surface area (TPSA) is 55.4 Å². The maximum atomic E-state index is 12.1. The van der Waals surface area contributed by atoms with Gasteiger partial charge in [0.15, 0.2) is 0 Å². The van der Waals surface area contributed by atoms with Crippen molar-refractivity contribution < 1.29 is 13.2 Å². The molecule has 134 valence electrons. The van der Waals surface area contributed by atoms with Gasteiger partial charge in [-0.25, -0.2) is 13.1 Å². The molecular weight excluding hydrogens is 334 g/mol. The molecule has 1 aliphatic carbocycles. The highest BCUT2D eigenvalue weighted by Crippen LogP contribution is 2.30. The monoisotopic (exact) mass is 359 g/mol. The molecule has 3 rings (SSSR count). The standard InChI is InChI=1S/C20H25NO3S/c1-3-24-20-12-10-19(11-13-20)18-8-6-17(7-9-18)15(2)21-25(22,23)14-16-4-5-16/h6-13,15-16,21H,3-5,14H2,1-2H3. The van der Waals surface area contributed by atoms with Crippen molar-refractivity contribution in [2.75, 3.05) is 12.4 Å². The van der Waals surface area contributed by atoms with Crippen molar-refractivity contribution in [2.24, 2.45) is 5.92 Å². The van der Waals surface area contributed by atoms with Crippen LogP contribution in [0.3, 0.4) is 0 Å². The Morgan fingerprint density at radius 1 is 1.04 bits per heavy atom. The first kappa shape index (κ1) is 18.0. The number of nitrogens with one attached hydrogen (secondary N) is 1. The molecule has 0 saturated heterocycles. The van der Waals surface area contributed by atoms with Gasteiger partial charge in [-0.15, -0.1) is 0 Å². The van der Waals surface area contributed by atoms with Gasteiger partial charge in [-0.1, -0.05) is 36.4 Å². The summed E-state index contributed by atoms with van der Waals surface area (Å²) >= 11 is 0. The van der Waals surface area contributed by atoms with Crippen molar-refractivity contribution in [2.45, 2.75) is 32.7 Å². The van der Waals surface area contributed by atoms with E-state index in [4.69, 9.17) is 4.74 Å². The summed E-state index contributed by atoms with van der Waals surface area (Å²) in [6.07, 6.45) is 2.07. The Morgan fingerprint density at radius 2 is 1.60 bits per heavy atom. The summed E-state index contributed by atoms with van der Waals surface area (Å²) in [5.41, 5.74) is 3.17. The van der Waals surface area contributed by atoms with Crippen LogP contribution in [0.4, 0.5) is 0 Å². The minimum absolute atomic E-state index is 0.224. The Morgan fingerprint density at radius 3 is 2.12 bits per heavy atom. The second-order valence-corrected chi connectivity index (χ2v) is 8.44. The Balaban J connectivity index is 1.66. The highest BCUT2D eigenvalue weighted by atomic mass is 32.2. The van der Waals surface area contributed by atoms with Crippen LogP contribution in [-0.4, -0.2) is 20.8 Å². The van der Waals surface area contributed by atoms with E-state index < -0.39 is 10.0 Å². The third kappa shape index (κ3) is 5.06. The van der Waals surface area contributed by atoms with Gasteiger partial charge in [-0.3, -0.25) is 0 Å². The molecule has 0 aliphatic heterocycles. The lowest BCUT2D eigenvalue weighted by atomic mass is 10.0. The van der Waals surface area contributed by atoms with E-state index in [0.717, 1.165) is 35.3 Å². The fourth-order valence-corrected chi connectivity index (χ4v) is 4.58. The quantitative estimate of drug-likeness (QED) is 0.770. The molecule has 25 heavy (non-hydrogen) atoms. The third-order valence-corrected chi connectivity index (χ3v) is 6.04. The van der Waals surface area contributed by atoms with Crippen LogP contribution in [0.5, 0.6) is 5.75 Å². The molecule has 1 aliphatic rings. The largest absolute Gasteiger partial charge is 0.494 e. The van der Waals surface area contributed by atoms with Gasteiger partial charge in [-0.05, 0) is 61.4 Å². The van der Waals surface area contributed by atoms with Crippen LogP contribution in [0.25, 0.3) is 11.1 Å². The molecule has 0 bridgehead atoms. The fraction of sp³-hybridized carbons (Fsp3) is 0.400. The average Bonchev–Trinajstić information content (AvgIpc) is 3.39. The highest BCUT2D eigenvalue weighted by molar-refractivity contribution is 7.89. The summed E-state index contributed by atoms with van der Waals surface area (Å²) in [5, 5.41) is 0. The molecule has 0 radical (unpaired) electrons. The van der Waals surface area contributed by atoms with Crippen molar-refractivity contribution in [1.82, 2.24) is 4.72 Å². The molecule has 1 atom stereocenters. The zero-order valence-corrected chi connectivity index (χ0v) is 15.6. The summed E-state index contributed by atoms with van der Waals surface area (Å²) in [7, 11) is -3.20. The SMILES string of the molecule is CCOc1ccc(-c2ccc(C(C)NS(=O)(=O)CC3CC3)cc2)cc1. The van der Waals surface area contributed by atoms with Crippen LogP contribution in [0.15, 0.2) is 48.5 Å². The number of sulfonamides is 1. The van der Waals surface area contributed by atoms with Gasteiger partial charge in [-0.2, -0.15) is 0 Å². The summed E-state index contributed by atoms with van der Waals surface area (Å²) in [4.78, 5) is 0. The Bertz CT molecular complexity index is 794. The molecular formula is C20H25NO3S. The van der Waals surface area contributed by atoms with Gasteiger partial charge in [0.05, 0.1) is 12.4 Å². The van der Waals surface area contributed by atoms with Gasteiger partial charge < -0.3 is 4.74 Å². The molecule has 1 saturated carbocycles. The predicted molar refractivity (Wildman–Crippen MR) is 101 cm³/mol. The fourth-order valence-electron chi connectivity index (χ4n) is 2.85. The van der Waals surface area contributed by atoms with Gasteiger partial charge in [0.1, 0.15) is 5.75 Å². The molecule has 0 amide bonds. The summed E-state index contributed by atoms with van der Waals surface area (Å²) in [6, 6.07) is 15.8. The molecule has 4 nitrogen and oxygen atoms in total. The van der Waals surface area contributed by atoms with Crippen molar-refractivity contribution >= 4 is 10.0 Å². The molecule has 2 aromatic carbocycles. The zero-order chi connectivity index (χ0) is 17.9. The molecule has 1 unspecified atom stereocenters. The predicted octanol–water partition coefficient (Wildman–Crippen LogP) is 4.14. The van der Waals surface area contributed by atoms with Crippen LogP contribution in [0.1, 0.15) is 38.3 Å². The van der Waals surface area contributed by atoms with Gasteiger partial charge in [0.25, 0.3) is 0 Å². The van der Waals surface area contributed by atoms with E-state index in [-0.39, 0.29) is 11.8 Å². The summed E-state index contributed by atoms with van der Waals surface area (Å²) in [6.45, 7) is 4.51. The van der Waals surface area contributed by atoms with E-state index in [1.165, 1.54) is 0 Å². The third-order valence-electron chi connectivity index (χ3n) is 4.42. The first-order valence-corrected chi connectivity index (χ1v) is 10.5. The number of hydrogen-bond acceptors (Lipinski definition) is 3. The van der Waals surface area contributed by atoms with E-state index >= 15 is 0 Å². The molecule has 1 fully saturated rings. The summed E-state index contributed by atoms with van der Waals surface area (Å²) in [5.74, 6) is 1.47. The van der Waals surface area contributed by atoms with Gasteiger partial charge in [0, 0.05) is 6.04 Å². The minimum atomic E-state index is -3.20. The van der Waals surface area contributed by atoms with Gasteiger partial charge >= 0.3 is 0 Å². The van der Waals surface area contributed by atoms with Crippen molar-refractivity contribution in [1.29, 1.82) is 0 Å². The van der Waals surface area contributed by atoms with Crippen LogP contribution in [0, 0.1) is 5.92 Å².